The fraction of sp³-hybridized carbons (Fsp3) is 0.529. The van der Waals surface area contributed by atoms with Gasteiger partial charge < -0.3 is 10.6 Å². The van der Waals surface area contributed by atoms with Gasteiger partial charge in [0, 0.05) is 12.2 Å². The summed E-state index contributed by atoms with van der Waals surface area (Å²) in [6, 6.07) is 7.81. The second-order valence-corrected chi connectivity index (χ2v) is 6.07. The molecule has 4 heteroatoms. The van der Waals surface area contributed by atoms with Crippen molar-refractivity contribution >= 4 is 17.5 Å². The fourth-order valence-corrected chi connectivity index (χ4v) is 2.29. The van der Waals surface area contributed by atoms with Gasteiger partial charge in [-0.2, -0.15) is 0 Å². The Balaban J connectivity index is 1.99. The topological polar surface area (TPSA) is 58.2 Å². The number of carbonyl (C=O) groups excluding carboxylic acids is 2. The van der Waals surface area contributed by atoms with E-state index in [1.54, 1.807) is 0 Å². The zero-order valence-corrected chi connectivity index (χ0v) is 13.0. The van der Waals surface area contributed by atoms with Crippen molar-refractivity contribution in [2.45, 2.75) is 46.0 Å². The molecule has 2 amide bonds. The molecule has 2 N–H and O–H groups in total. The maximum Gasteiger partial charge on any atom is 0.240 e. The third-order valence-corrected chi connectivity index (χ3v) is 3.99. The van der Waals surface area contributed by atoms with E-state index < -0.39 is 5.41 Å². The molecule has 0 aliphatic heterocycles. The van der Waals surface area contributed by atoms with Crippen LogP contribution in [0.25, 0.3) is 0 Å². The minimum absolute atomic E-state index is 0.138. The van der Waals surface area contributed by atoms with E-state index in [1.165, 1.54) is 5.56 Å². The molecule has 1 fully saturated rings. The molecule has 21 heavy (non-hydrogen) atoms. The molecule has 4 nitrogen and oxygen atoms in total. The lowest BCUT2D eigenvalue weighted by atomic mass is 10.0. The van der Waals surface area contributed by atoms with Gasteiger partial charge in [-0.15, -0.1) is 0 Å². The van der Waals surface area contributed by atoms with Gasteiger partial charge in [-0.1, -0.05) is 32.9 Å². The van der Waals surface area contributed by atoms with Crippen molar-refractivity contribution in [2.24, 2.45) is 5.41 Å². The molecule has 0 saturated heterocycles. The SMILES string of the molecule is CCCNC(=O)C1(C(=O)Nc2ccc(C(C)C)cc2)CC1. The Morgan fingerprint density at radius 2 is 1.76 bits per heavy atom. The Morgan fingerprint density at radius 3 is 2.24 bits per heavy atom. The van der Waals surface area contributed by atoms with Crippen LogP contribution in [0, 0.1) is 5.41 Å². The third kappa shape index (κ3) is 3.43. The van der Waals surface area contributed by atoms with E-state index in [-0.39, 0.29) is 11.8 Å². The number of nitrogens with one attached hydrogen (secondary N) is 2. The third-order valence-electron chi connectivity index (χ3n) is 3.99. The maximum absolute atomic E-state index is 12.3. The number of amides is 2. The van der Waals surface area contributed by atoms with E-state index in [2.05, 4.69) is 24.5 Å². The summed E-state index contributed by atoms with van der Waals surface area (Å²) in [7, 11) is 0. The van der Waals surface area contributed by atoms with Crippen LogP contribution in [0.4, 0.5) is 5.69 Å². The highest BCUT2D eigenvalue weighted by Gasteiger charge is 2.56. The van der Waals surface area contributed by atoms with E-state index in [9.17, 15) is 9.59 Å². The summed E-state index contributed by atoms with van der Waals surface area (Å²) in [4.78, 5) is 24.4. The number of carbonyl (C=O) groups is 2. The summed E-state index contributed by atoms with van der Waals surface area (Å²) < 4.78 is 0. The highest BCUT2D eigenvalue weighted by molar-refractivity contribution is 6.13. The molecule has 1 aliphatic carbocycles. The molecule has 0 aromatic heterocycles. The molecule has 1 saturated carbocycles. The molecular weight excluding hydrogens is 264 g/mol. The molecule has 2 rings (SSSR count). The zero-order chi connectivity index (χ0) is 15.5. The molecule has 0 radical (unpaired) electrons. The Kier molecular flexibility index (Phi) is 4.66. The molecule has 0 heterocycles. The van der Waals surface area contributed by atoms with Crippen LogP contribution < -0.4 is 10.6 Å². The number of hydrogen-bond acceptors (Lipinski definition) is 2. The first kappa shape index (κ1) is 15.5. The summed E-state index contributed by atoms with van der Waals surface area (Å²) in [6.07, 6.45) is 2.15. The van der Waals surface area contributed by atoms with Crippen LogP contribution in [-0.2, 0) is 9.59 Å². The van der Waals surface area contributed by atoms with Crippen molar-refractivity contribution < 1.29 is 9.59 Å². The Morgan fingerprint density at radius 1 is 1.14 bits per heavy atom. The lowest BCUT2D eigenvalue weighted by molar-refractivity contribution is -0.134. The van der Waals surface area contributed by atoms with Gasteiger partial charge in [0.25, 0.3) is 0 Å². The first-order chi connectivity index (χ1) is 9.99. The highest BCUT2D eigenvalue weighted by Crippen LogP contribution is 2.46. The van der Waals surface area contributed by atoms with E-state index >= 15 is 0 Å². The smallest absolute Gasteiger partial charge is 0.240 e. The van der Waals surface area contributed by atoms with Crippen LogP contribution in [0.5, 0.6) is 0 Å². The predicted molar refractivity (Wildman–Crippen MR) is 84.1 cm³/mol. The first-order valence-electron chi connectivity index (χ1n) is 7.69. The van der Waals surface area contributed by atoms with Gasteiger partial charge in [-0.25, -0.2) is 0 Å². The van der Waals surface area contributed by atoms with E-state index in [0.29, 0.717) is 25.3 Å². The Hall–Kier alpha value is -1.84. The maximum atomic E-state index is 12.3. The Bertz CT molecular complexity index is 516. The van der Waals surface area contributed by atoms with Crippen LogP contribution in [0.2, 0.25) is 0 Å². The van der Waals surface area contributed by atoms with E-state index in [0.717, 1.165) is 12.1 Å². The molecule has 1 aliphatic rings. The molecular formula is C17H24N2O2. The molecule has 1 aromatic rings. The van der Waals surface area contributed by atoms with Crippen LogP contribution in [0.15, 0.2) is 24.3 Å². The van der Waals surface area contributed by atoms with Crippen molar-refractivity contribution in [1.82, 2.24) is 5.32 Å². The quantitative estimate of drug-likeness (QED) is 0.790. The average molecular weight is 288 g/mol. The number of benzene rings is 1. The van der Waals surface area contributed by atoms with Gasteiger partial charge in [-0.3, -0.25) is 9.59 Å². The predicted octanol–water partition coefficient (Wildman–Crippen LogP) is 3.05. The minimum Gasteiger partial charge on any atom is -0.355 e. The zero-order valence-electron chi connectivity index (χ0n) is 13.0. The van der Waals surface area contributed by atoms with Crippen molar-refractivity contribution in [1.29, 1.82) is 0 Å². The highest BCUT2D eigenvalue weighted by atomic mass is 16.2. The monoisotopic (exact) mass is 288 g/mol. The number of rotatable bonds is 6. The van der Waals surface area contributed by atoms with Crippen LogP contribution in [0.3, 0.4) is 0 Å². The first-order valence-corrected chi connectivity index (χ1v) is 7.69. The van der Waals surface area contributed by atoms with Gasteiger partial charge in [0.1, 0.15) is 5.41 Å². The van der Waals surface area contributed by atoms with Gasteiger partial charge in [0.15, 0.2) is 0 Å². The summed E-state index contributed by atoms with van der Waals surface area (Å²) in [5, 5.41) is 5.69. The Labute approximate surface area is 126 Å². The average Bonchev–Trinajstić information content (AvgIpc) is 3.27. The molecule has 0 atom stereocenters. The second-order valence-electron chi connectivity index (χ2n) is 6.07. The van der Waals surface area contributed by atoms with E-state index in [1.807, 2.05) is 31.2 Å². The van der Waals surface area contributed by atoms with Gasteiger partial charge in [-0.05, 0) is 42.9 Å². The standard InChI is InChI=1S/C17H24N2O2/c1-4-11-18-15(20)17(9-10-17)16(21)19-14-7-5-13(6-8-14)12(2)3/h5-8,12H,4,9-11H2,1-3H3,(H,18,20)(H,19,21). The normalized spacial score (nSPS) is 15.6. The number of hydrogen-bond donors (Lipinski definition) is 2. The second kappa shape index (κ2) is 6.29. The van der Waals surface area contributed by atoms with Crippen molar-refractivity contribution in [3.8, 4) is 0 Å². The lowest BCUT2D eigenvalue weighted by Crippen LogP contribution is -2.40. The number of anilines is 1. The van der Waals surface area contributed by atoms with Crippen LogP contribution >= 0.6 is 0 Å². The summed E-state index contributed by atoms with van der Waals surface area (Å²) in [5.74, 6) is 0.137. The molecule has 0 bridgehead atoms. The summed E-state index contributed by atoms with van der Waals surface area (Å²) in [6.45, 7) is 6.88. The largest absolute Gasteiger partial charge is 0.355 e. The molecule has 1 aromatic carbocycles. The minimum atomic E-state index is -0.841. The summed E-state index contributed by atoms with van der Waals surface area (Å²) in [5.41, 5.74) is 1.14. The summed E-state index contributed by atoms with van der Waals surface area (Å²) >= 11 is 0. The van der Waals surface area contributed by atoms with Crippen molar-refractivity contribution in [3.63, 3.8) is 0 Å². The van der Waals surface area contributed by atoms with Gasteiger partial charge in [0.05, 0.1) is 0 Å². The molecule has 0 unspecified atom stereocenters. The van der Waals surface area contributed by atoms with Crippen LogP contribution in [-0.4, -0.2) is 18.4 Å². The van der Waals surface area contributed by atoms with Crippen LogP contribution in [0.1, 0.15) is 51.5 Å². The van der Waals surface area contributed by atoms with Gasteiger partial charge in [0.2, 0.25) is 11.8 Å². The van der Waals surface area contributed by atoms with Crippen molar-refractivity contribution in [3.05, 3.63) is 29.8 Å². The van der Waals surface area contributed by atoms with Crippen molar-refractivity contribution in [2.75, 3.05) is 11.9 Å². The lowest BCUT2D eigenvalue weighted by Gasteiger charge is -2.15. The fourth-order valence-electron chi connectivity index (χ4n) is 2.29. The molecule has 0 spiro atoms. The van der Waals surface area contributed by atoms with E-state index in [4.69, 9.17) is 0 Å². The molecule has 114 valence electrons. The van der Waals surface area contributed by atoms with Gasteiger partial charge >= 0.3 is 0 Å².